The maximum atomic E-state index is 12.2. The zero-order valence-electron chi connectivity index (χ0n) is 17.9. The molecule has 8 nitrogen and oxygen atoms in total. The van der Waals surface area contributed by atoms with Gasteiger partial charge in [-0.05, 0) is 58.6 Å². The summed E-state index contributed by atoms with van der Waals surface area (Å²) in [6.45, 7) is 5.42. The van der Waals surface area contributed by atoms with Crippen molar-refractivity contribution < 1.29 is 4.79 Å². The van der Waals surface area contributed by atoms with Crippen LogP contribution in [-0.4, -0.2) is 48.0 Å². The molecule has 0 spiro atoms. The van der Waals surface area contributed by atoms with Gasteiger partial charge >= 0.3 is 0 Å². The van der Waals surface area contributed by atoms with Gasteiger partial charge in [0, 0.05) is 19.2 Å². The molecule has 0 saturated heterocycles. The Balaban J connectivity index is 1.89. The van der Waals surface area contributed by atoms with Crippen LogP contribution in [0, 0.1) is 18.3 Å². The number of fused-ring (bicyclic) bond motifs is 1. The fourth-order valence-corrected chi connectivity index (χ4v) is 3.37. The molecule has 1 aliphatic rings. The lowest BCUT2D eigenvalue weighted by atomic mass is 10.1. The van der Waals surface area contributed by atoms with Crippen molar-refractivity contribution in [3.05, 3.63) is 47.5 Å². The van der Waals surface area contributed by atoms with Gasteiger partial charge in [-0.25, -0.2) is 9.97 Å². The van der Waals surface area contributed by atoms with Crippen molar-refractivity contribution in [1.29, 1.82) is 5.26 Å². The molecule has 30 heavy (non-hydrogen) atoms. The maximum Gasteiger partial charge on any atom is 0.229 e. The number of benzene rings is 1. The van der Waals surface area contributed by atoms with Gasteiger partial charge in [0.2, 0.25) is 11.9 Å². The van der Waals surface area contributed by atoms with E-state index in [9.17, 15) is 10.1 Å². The Morgan fingerprint density at radius 3 is 2.80 bits per heavy atom. The number of rotatable bonds is 7. The molecule has 1 aromatic carbocycles. The Morgan fingerprint density at radius 2 is 2.10 bits per heavy atom. The van der Waals surface area contributed by atoms with Crippen LogP contribution in [0.4, 0.5) is 17.3 Å². The number of para-hydroxylation sites is 2. The van der Waals surface area contributed by atoms with Gasteiger partial charge in [0.1, 0.15) is 17.5 Å². The van der Waals surface area contributed by atoms with E-state index in [0.717, 1.165) is 29.9 Å². The van der Waals surface area contributed by atoms with Crippen LogP contribution >= 0.6 is 0 Å². The van der Waals surface area contributed by atoms with Gasteiger partial charge in [0.05, 0.1) is 17.1 Å². The van der Waals surface area contributed by atoms with Crippen molar-refractivity contribution in [2.75, 3.05) is 42.7 Å². The summed E-state index contributed by atoms with van der Waals surface area (Å²) in [7, 11) is 3.94. The van der Waals surface area contributed by atoms with Crippen molar-refractivity contribution in [2.45, 2.75) is 26.7 Å². The highest BCUT2D eigenvalue weighted by molar-refractivity contribution is 5.92. The van der Waals surface area contributed by atoms with Crippen LogP contribution in [0.15, 0.2) is 36.3 Å². The van der Waals surface area contributed by atoms with Crippen LogP contribution in [0.1, 0.15) is 31.0 Å². The lowest BCUT2D eigenvalue weighted by Crippen LogP contribution is -2.22. The number of hydrogen-bond acceptors (Lipinski definition) is 7. The van der Waals surface area contributed by atoms with Gasteiger partial charge in [-0.2, -0.15) is 5.26 Å². The quantitative estimate of drug-likeness (QED) is 0.683. The number of nitrogens with zero attached hydrogens (tertiary/aromatic N) is 5. The highest BCUT2D eigenvalue weighted by Gasteiger charge is 2.27. The number of hydrogen-bond donors (Lipinski definition) is 2. The molecule has 2 N–H and O–H groups in total. The van der Waals surface area contributed by atoms with Crippen molar-refractivity contribution in [1.82, 2.24) is 14.9 Å². The first-order valence-electron chi connectivity index (χ1n) is 10.0. The van der Waals surface area contributed by atoms with E-state index < -0.39 is 0 Å². The number of nitriles is 1. The second kappa shape index (κ2) is 9.37. The Kier molecular flexibility index (Phi) is 6.65. The van der Waals surface area contributed by atoms with Crippen molar-refractivity contribution in [3.63, 3.8) is 0 Å². The molecule has 8 heteroatoms. The van der Waals surface area contributed by atoms with E-state index in [1.165, 1.54) is 0 Å². The summed E-state index contributed by atoms with van der Waals surface area (Å²) in [5, 5.41) is 16.1. The zero-order chi connectivity index (χ0) is 21.7. The second-order valence-electron chi connectivity index (χ2n) is 7.40. The third kappa shape index (κ3) is 4.58. The molecular formula is C22H27N7O. The lowest BCUT2D eigenvalue weighted by Gasteiger charge is -2.19. The Morgan fingerprint density at radius 1 is 1.33 bits per heavy atom. The van der Waals surface area contributed by atoms with E-state index in [2.05, 4.69) is 31.6 Å². The maximum absolute atomic E-state index is 12.2. The topological polar surface area (TPSA) is 97.2 Å². The van der Waals surface area contributed by atoms with E-state index >= 15 is 0 Å². The smallest absolute Gasteiger partial charge is 0.229 e. The Hall–Kier alpha value is -3.44. The highest BCUT2D eigenvalue weighted by atomic mass is 16.1. The number of allylic oxidation sites excluding steroid dienone is 1. The first-order chi connectivity index (χ1) is 14.4. The minimum Gasteiger partial charge on any atom is -0.339 e. The highest BCUT2D eigenvalue weighted by Crippen LogP contribution is 2.38. The number of amides is 1. The predicted molar refractivity (Wildman–Crippen MR) is 119 cm³/mol. The fraction of sp³-hybridized carbons (Fsp3) is 0.364. The SMILES string of the molecule is CCN1/C(=C(\C#N)c2nc(NC(=O)CCCN(C)C)ncc2C)Nc2ccccc21. The van der Waals surface area contributed by atoms with Gasteiger partial charge < -0.3 is 15.1 Å². The van der Waals surface area contributed by atoms with E-state index in [4.69, 9.17) is 0 Å². The molecule has 156 valence electrons. The molecule has 1 aromatic heterocycles. The summed E-state index contributed by atoms with van der Waals surface area (Å²) in [5.41, 5.74) is 3.64. The summed E-state index contributed by atoms with van der Waals surface area (Å²) in [6, 6.07) is 10.2. The molecule has 0 atom stereocenters. The summed E-state index contributed by atoms with van der Waals surface area (Å²) in [5.74, 6) is 0.753. The molecule has 1 aliphatic heterocycles. The molecule has 2 aromatic rings. The summed E-state index contributed by atoms with van der Waals surface area (Å²) in [6.07, 6.45) is 2.77. The molecule has 0 aliphatic carbocycles. The number of aromatic nitrogens is 2. The normalized spacial score (nSPS) is 14.2. The lowest BCUT2D eigenvalue weighted by molar-refractivity contribution is -0.116. The van der Waals surface area contributed by atoms with Gasteiger partial charge in [-0.3, -0.25) is 10.1 Å². The molecule has 0 bridgehead atoms. The molecule has 1 amide bonds. The van der Waals surface area contributed by atoms with Gasteiger partial charge in [-0.1, -0.05) is 12.1 Å². The Bertz CT molecular complexity index is 1010. The van der Waals surface area contributed by atoms with E-state index in [1.54, 1.807) is 6.20 Å². The summed E-state index contributed by atoms with van der Waals surface area (Å²) in [4.78, 5) is 25.0. The minimum absolute atomic E-state index is 0.139. The second-order valence-corrected chi connectivity index (χ2v) is 7.40. The van der Waals surface area contributed by atoms with Crippen LogP contribution in [0.2, 0.25) is 0 Å². The van der Waals surface area contributed by atoms with Crippen LogP contribution < -0.4 is 15.5 Å². The standard InChI is InChI=1S/C22H27N7O/c1-5-29-18-10-7-6-9-17(18)25-21(29)16(13-23)20-15(2)14-24-22(27-20)26-19(30)11-8-12-28(3)4/h6-7,9-10,14,25H,5,8,11-12H2,1-4H3,(H,24,26,27,30)/b21-16+. The van der Waals surface area contributed by atoms with Gasteiger partial charge in [-0.15, -0.1) is 0 Å². The van der Waals surface area contributed by atoms with Gasteiger partial charge in [0.25, 0.3) is 0 Å². The third-order valence-electron chi connectivity index (χ3n) is 4.85. The zero-order valence-corrected chi connectivity index (χ0v) is 17.9. The third-order valence-corrected chi connectivity index (χ3v) is 4.85. The van der Waals surface area contributed by atoms with E-state index in [1.807, 2.05) is 57.1 Å². The van der Waals surface area contributed by atoms with Crippen LogP contribution in [-0.2, 0) is 4.79 Å². The van der Waals surface area contributed by atoms with E-state index in [0.29, 0.717) is 30.1 Å². The first-order valence-corrected chi connectivity index (χ1v) is 10.0. The average Bonchev–Trinajstić information content (AvgIpc) is 3.08. The largest absolute Gasteiger partial charge is 0.339 e. The monoisotopic (exact) mass is 405 g/mol. The van der Waals surface area contributed by atoms with Gasteiger partial charge in [0.15, 0.2) is 0 Å². The van der Waals surface area contributed by atoms with Crippen LogP contribution in [0.5, 0.6) is 0 Å². The number of carbonyl (C=O) groups excluding carboxylic acids is 1. The predicted octanol–water partition coefficient (Wildman–Crippen LogP) is 3.21. The van der Waals surface area contributed by atoms with Crippen molar-refractivity contribution in [2.24, 2.45) is 0 Å². The van der Waals surface area contributed by atoms with Crippen molar-refractivity contribution >= 4 is 28.8 Å². The molecule has 0 radical (unpaired) electrons. The van der Waals surface area contributed by atoms with E-state index in [-0.39, 0.29) is 11.9 Å². The summed E-state index contributed by atoms with van der Waals surface area (Å²) >= 11 is 0. The molecule has 2 heterocycles. The number of carbonyl (C=O) groups is 1. The van der Waals surface area contributed by atoms with Crippen LogP contribution in [0.25, 0.3) is 5.57 Å². The molecule has 3 rings (SSSR count). The molecule has 0 unspecified atom stereocenters. The fourth-order valence-electron chi connectivity index (χ4n) is 3.37. The molecular weight excluding hydrogens is 378 g/mol. The molecule has 0 saturated carbocycles. The number of nitrogens with one attached hydrogen (secondary N) is 2. The summed E-state index contributed by atoms with van der Waals surface area (Å²) < 4.78 is 0. The average molecular weight is 406 g/mol. The minimum atomic E-state index is -0.139. The molecule has 0 fully saturated rings. The first kappa shape index (κ1) is 21.3. The Labute approximate surface area is 177 Å². The van der Waals surface area contributed by atoms with Crippen LogP contribution in [0.3, 0.4) is 0 Å². The van der Waals surface area contributed by atoms with Crippen molar-refractivity contribution in [3.8, 4) is 6.07 Å². The number of aryl methyl sites for hydroxylation is 1. The number of anilines is 3.